The topological polar surface area (TPSA) is 160 Å². The van der Waals surface area contributed by atoms with Gasteiger partial charge in [-0.3, -0.25) is 28.9 Å². The van der Waals surface area contributed by atoms with Gasteiger partial charge in [-0.25, -0.2) is 0 Å². The number of Topliss-reactive ketones (excluding diaryl/α,β-unsaturated/α-hetero) is 2. The van der Waals surface area contributed by atoms with Crippen LogP contribution in [0.4, 0.5) is 0 Å². The van der Waals surface area contributed by atoms with E-state index >= 15 is 0 Å². The maximum atomic E-state index is 14.5. The first-order chi connectivity index (χ1) is 27.8. The van der Waals surface area contributed by atoms with Gasteiger partial charge in [0.2, 0.25) is 11.8 Å². The minimum atomic E-state index is -0.873. The van der Waals surface area contributed by atoms with Crippen molar-refractivity contribution in [1.29, 1.82) is 0 Å². The number of methoxy groups -OCH3 is 2. The molecule has 1 heterocycles. The third-order valence-electron chi connectivity index (χ3n) is 13.6. The second-order valence-electron chi connectivity index (χ2n) is 18.3. The quantitative estimate of drug-likeness (QED) is 0.105. The lowest BCUT2D eigenvalue weighted by Gasteiger charge is -2.41. The SMILES string of the molecule is C=C(N)[C@]1(CC(=O)[C@H](C)[C@@H](OC)[C@@H]2CCCN2C(=O)C[C@@H](OC)[C@H]([C@@H](C)CC)N(C)C(=O)[C@@H](CC(=O)[C@H](C(C)C)N(C)CCCC(=O)O)C(C)C)C[C@@H]1c1ccccc1. The van der Waals surface area contributed by atoms with Crippen LogP contribution in [0, 0.1) is 35.0 Å². The molecule has 3 rings (SSSR count). The van der Waals surface area contributed by atoms with Crippen LogP contribution in [0.1, 0.15) is 118 Å². The summed E-state index contributed by atoms with van der Waals surface area (Å²) in [4.78, 5) is 73.4. The summed E-state index contributed by atoms with van der Waals surface area (Å²) in [6, 6.07) is 8.88. The number of aliphatic carboxylic acids is 1. The molecule has 59 heavy (non-hydrogen) atoms. The van der Waals surface area contributed by atoms with Crippen LogP contribution in [0.15, 0.2) is 42.6 Å². The van der Waals surface area contributed by atoms with E-state index in [0.717, 1.165) is 24.8 Å². The lowest BCUT2D eigenvalue weighted by molar-refractivity contribution is -0.149. The number of rotatable bonds is 26. The number of carbonyl (C=O) groups is 5. The summed E-state index contributed by atoms with van der Waals surface area (Å²) in [5, 5.41) is 9.12. The maximum absolute atomic E-state index is 14.5. The number of carboxylic acid groups (broad SMARTS) is 1. The minimum Gasteiger partial charge on any atom is -0.481 e. The second kappa shape index (κ2) is 22.3. The monoisotopic (exact) mass is 825 g/mol. The van der Waals surface area contributed by atoms with Crippen molar-refractivity contribution in [3.63, 3.8) is 0 Å². The standard InChI is InChI=1S/C47H76N4O8/c1-13-31(6)44(50(10)46(57)35(29(2)3)25-38(52)43(30(4)5)49(9)23-18-22-42(55)56)40(58-11)26-41(54)51-24-17-21-37(51)45(59-12)32(7)39(53)28-47(33(8)48)27-36(47)34-19-15-14-16-20-34/h14-16,19-20,29-32,35-37,40,43-45H,8,13,17-18,21-28,48H2,1-7,9-12H3,(H,55,56)/t31-,32-,35-,36+,37-,40+,43-,44-,45+,47+/m0/s1. The van der Waals surface area contributed by atoms with Crippen LogP contribution >= 0.6 is 0 Å². The Morgan fingerprint density at radius 2 is 1.61 bits per heavy atom. The summed E-state index contributed by atoms with van der Waals surface area (Å²) in [6.45, 7) is 18.9. The maximum Gasteiger partial charge on any atom is 0.303 e. The first kappa shape index (κ1) is 49.8. The molecule has 2 fully saturated rings. The van der Waals surface area contributed by atoms with E-state index in [4.69, 9.17) is 20.3 Å². The summed E-state index contributed by atoms with van der Waals surface area (Å²) in [5.41, 5.74) is 7.54. The molecule has 10 atom stereocenters. The summed E-state index contributed by atoms with van der Waals surface area (Å²) in [6.07, 6.45) is 2.63. The van der Waals surface area contributed by atoms with Gasteiger partial charge in [-0.05, 0) is 68.5 Å². The number of amides is 2. The lowest BCUT2D eigenvalue weighted by Crippen LogP contribution is -2.54. The van der Waals surface area contributed by atoms with Gasteiger partial charge in [-0.1, -0.05) is 91.8 Å². The molecule has 0 radical (unpaired) electrons. The highest BCUT2D eigenvalue weighted by molar-refractivity contribution is 5.90. The van der Waals surface area contributed by atoms with Crippen molar-refractivity contribution >= 4 is 29.4 Å². The van der Waals surface area contributed by atoms with Crippen molar-refractivity contribution in [2.45, 2.75) is 143 Å². The molecule has 332 valence electrons. The van der Waals surface area contributed by atoms with Crippen molar-refractivity contribution in [3.8, 4) is 0 Å². The number of nitrogens with zero attached hydrogens (tertiary/aromatic N) is 3. The Morgan fingerprint density at radius 1 is 0.966 bits per heavy atom. The molecule has 12 nitrogen and oxygen atoms in total. The summed E-state index contributed by atoms with van der Waals surface area (Å²) >= 11 is 0. The summed E-state index contributed by atoms with van der Waals surface area (Å²) in [7, 11) is 6.77. The van der Waals surface area contributed by atoms with E-state index in [1.165, 1.54) is 0 Å². The average Bonchev–Trinajstić information content (AvgIpc) is 3.72. The van der Waals surface area contributed by atoms with Crippen molar-refractivity contribution in [1.82, 2.24) is 14.7 Å². The van der Waals surface area contributed by atoms with Crippen LogP contribution in [0.2, 0.25) is 0 Å². The number of likely N-dealkylation sites (tertiary alicyclic amines) is 1. The number of carboxylic acids is 1. The first-order valence-corrected chi connectivity index (χ1v) is 21.9. The zero-order valence-electron chi connectivity index (χ0n) is 37.9. The van der Waals surface area contributed by atoms with Gasteiger partial charge >= 0.3 is 5.97 Å². The van der Waals surface area contributed by atoms with Gasteiger partial charge in [0.25, 0.3) is 0 Å². The number of hydrogen-bond donors (Lipinski definition) is 2. The Balaban J connectivity index is 1.78. The number of nitrogens with two attached hydrogens (primary N) is 1. The van der Waals surface area contributed by atoms with Crippen LogP contribution in [0.5, 0.6) is 0 Å². The lowest BCUT2D eigenvalue weighted by atomic mass is 9.83. The highest BCUT2D eigenvalue weighted by Crippen LogP contribution is 2.64. The number of ketones is 2. The largest absolute Gasteiger partial charge is 0.481 e. The third-order valence-corrected chi connectivity index (χ3v) is 13.6. The molecule has 0 bridgehead atoms. The molecular formula is C47H76N4O8. The Morgan fingerprint density at radius 3 is 2.14 bits per heavy atom. The zero-order chi connectivity index (χ0) is 44.4. The van der Waals surface area contributed by atoms with Gasteiger partial charge in [0.1, 0.15) is 5.78 Å². The smallest absolute Gasteiger partial charge is 0.303 e. The van der Waals surface area contributed by atoms with Crippen LogP contribution in [0.3, 0.4) is 0 Å². The van der Waals surface area contributed by atoms with Crippen molar-refractivity contribution in [2.75, 3.05) is 41.4 Å². The van der Waals surface area contributed by atoms with Gasteiger partial charge in [0.15, 0.2) is 5.78 Å². The van der Waals surface area contributed by atoms with Gasteiger partial charge in [0, 0.05) is 70.0 Å². The molecule has 0 aromatic heterocycles. The fourth-order valence-electron chi connectivity index (χ4n) is 9.86. The van der Waals surface area contributed by atoms with Crippen LogP contribution in [-0.2, 0) is 33.4 Å². The molecule has 1 aromatic carbocycles. The number of likely N-dealkylation sites (N-methyl/N-ethyl adjacent to an activating group) is 2. The predicted octanol–water partition coefficient (Wildman–Crippen LogP) is 6.56. The molecular weight excluding hydrogens is 749 g/mol. The van der Waals surface area contributed by atoms with E-state index in [-0.39, 0.29) is 78.8 Å². The Labute approximate surface area is 354 Å². The van der Waals surface area contributed by atoms with Gasteiger partial charge in [0.05, 0.1) is 36.8 Å². The molecule has 2 amide bonds. The Hall–Kier alpha value is -3.61. The van der Waals surface area contributed by atoms with Crippen LogP contribution < -0.4 is 5.73 Å². The highest BCUT2D eigenvalue weighted by Gasteiger charge is 2.57. The summed E-state index contributed by atoms with van der Waals surface area (Å²) in [5.74, 6) is -2.32. The number of allylic oxidation sites excluding steroid dienone is 1. The molecule has 0 unspecified atom stereocenters. The second-order valence-corrected chi connectivity index (χ2v) is 18.3. The normalized spacial score (nSPS) is 22.7. The number of benzene rings is 1. The van der Waals surface area contributed by atoms with Gasteiger partial charge < -0.3 is 30.1 Å². The molecule has 1 saturated carbocycles. The molecule has 12 heteroatoms. The van der Waals surface area contributed by atoms with Gasteiger partial charge in [-0.15, -0.1) is 0 Å². The van der Waals surface area contributed by atoms with E-state index in [1.807, 2.05) is 76.6 Å². The number of ether oxygens (including phenoxy) is 2. The van der Waals surface area contributed by atoms with E-state index in [0.29, 0.717) is 31.6 Å². The van der Waals surface area contributed by atoms with Crippen molar-refractivity contribution in [3.05, 3.63) is 48.2 Å². The van der Waals surface area contributed by atoms with Crippen LogP contribution in [-0.4, -0.2) is 121 Å². The molecule has 1 aromatic rings. The third kappa shape index (κ3) is 12.3. The van der Waals surface area contributed by atoms with Crippen molar-refractivity contribution in [2.24, 2.45) is 40.7 Å². The molecule has 1 aliphatic carbocycles. The fraction of sp³-hybridized carbons (Fsp3) is 0.723. The molecule has 1 aliphatic heterocycles. The number of hydrogen-bond acceptors (Lipinski definition) is 9. The highest BCUT2D eigenvalue weighted by atomic mass is 16.5. The van der Waals surface area contributed by atoms with Crippen LogP contribution in [0.25, 0.3) is 0 Å². The van der Waals surface area contributed by atoms with Crippen molar-refractivity contribution < 1.29 is 38.6 Å². The minimum absolute atomic E-state index is 0.0219. The van der Waals surface area contributed by atoms with E-state index in [9.17, 15) is 24.0 Å². The van der Waals surface area contributed by atoms with Gasteiger partial charge in [-0.2, -0.15) is 0 Å². The van der Waals surface area contributed by atoms with E-state index in [1.54, 1.807) is 26.2 Å². The van der Waals surface area contributed by atoms with E-state index in [2.05, 4.69) is 25.6 Å². The predicted molar refractivity (Wildman–Crippen MR) is 231 cm³/mol. The fourth-order valence-corrected chi connectivity index (χ4v) is 9.86. The summed E-state index contributed by atoms with van der Waals surface area (Å²) < 4.78 is 12.1. The first-order valence-electron chi connectivity index (χ1n) is 21.9. The van der Waals surface area contributed by atoms with E-state index < -0.39 is 47.5 Å². The molecule has 0 spiro atoms. The molecule has 3 N–H and O–H groups in total. The molecule has 2 aliphatic rings. The molecule has 1 saturated heterocycles. The Kier molecular flexibility index (Phi) is 18.8. The number of carbonyl (C=O) groups excluding carboxylic acids is 4. The average molecular weight is 825 g/mol. The zero-order valence-corrected chi connectivity index (χ0v) is 37.9. The Bertz CT molecular complexity index is 1580.